The van der Waals surface area contributed by atoms with Crippen molar-refractivity contribution in [3.8, 4) is 0 Å². The largest absolute Gasteiger partial charge is 0.396 e. The first-order valence-corrected chi connectivity index (χ1v) is 9.69. The van der Waals surface area contributed by atoms with Crippen LogP contribution in [0.2, 0.25) is 0 Å². The number of hydrogen-bond acceptors (Lipinski definition) is 4. The molecule has 0 radical (unpaired) electrons. The molecule has 4 unspecified atom stereocenters. The minimum Gasteiger partial charge on any atom is -0.396 e. The Hall–Kier alpha value is -0.420. The maximum absolute atomic E-state index is 11.0. The highest BCUT2D eigenvalue weighted by atomic mass is 16.3. The van der Waals surface area contributed by atoms with Crippen molar-refractivity contribution in [1.29, 1.82) is 0 Å². The van der Waals surface area contributed by atoms with E-state index in [1.807, 2.05) is 6.08 Å². The fourth-order valence-corrected chi connectivity index (χ4v) is 7.05. The van der Waals surface area contributed by atoms with Crippen molar-refractivity contribution in [2.24, 2.45) is 34.5 Å². The van der Waals surface area contributed by atoms with E-state index in [2.05, 4.69) is 13.8 Å². The van der Waals surface area contributed by atoms with E-state index in [-0.39, 0.29) is 35.9 Å². The van der Waals surface area contributed by atoms with E-state index in [9.17, 15) is 20.4 Å². The molecule has 0 bridgehead atoms. The minimum absolute atomic E-state index is 0.0190. The van der Waals surface area contributed by atoms with Crippen molar-refractivity contribution < 1.29 is 20.4 Å². The molecule has 9 atom stereocenters. The Kier molecular flexibility index (Phi) is 3.93. The van der Waals surface area contributed by atoms with Gasteiger partial charge in [0.2, 0.25) is 0 Å². The predicted octanol–water partition coefficient (Wildman–Crippen LogP) is 1.86. The summed E-state index contributed by atoms with van der Waals surface area (Å²) in [7, 11) is 0. The summed E-state index contributed by atoms with van der Waals surface area (Å²) in [4.78, 5) is 0. The third-order valence-electron chi connectivity index (χ3n) is 8.41. The first kappa shape index (κ1) is 17.0. The molecule has 4 N–H and O–H groups in total. The molecule has 0 aromatic carbocycles. The zero-order chi connectivity index (χ0) is 17.3. The van der Waals surface area contributed by atoms with Crippen LogP contribution in [0.5, 0.6) is 0 Å². The summed E-state index contributed by atoms with van der Waals surface area (Å²) >= 11 is 0. The van der Waals surface area contributed by atoms with Crippen molar-refractivity contribution in [1.82, 2.24) is 0 Å². The van der Waals surface area contributed by atoms with Gasteiger partial charge in [0.15, 0.2) is 0 Å². The summed E-state index contributed by atoms with van der Waals surface area (Å²) in [5.74, 6) is 0.874. The standard InChI is InChI=1S/C20H32O4/c1-11-7-15-17-14(4-6-20(15,10-21)18(11)24)19(2)5-3-13(22)8-12(19)9-16(17)23/h9,11,13-18,21-24H,3-8,10H2,1-2H3/t11-,13+,14?,15?,16+,17?,18?,19+,20-/m1/s1. The topological polar surface area (TPSA) is 80.9 Å². The Morgan fingerprint density at radius 3 is 2.58 bits per heavy atom. The van der Waals surface area contributed by atoms with Crippen molar-refractivity contribution in [3.05, 3.63) is 11.6 Å². The van der Waals surface area contributed by atoms with E-state index >= 15 is 0 Å². The minimum atomic E-state index is -0.517. The molecule has 4 rings (SSSR count). The Balaban J connectivity index is 1.74. The predicted molar refractivity (Wildman–Crippen MR) is 91.1 cm³/mol. The van der Waals surface area contributed by atoms with E-state index in [4.69, 9.17) is 0 Å². The van der Waals surface area contributed by atoms with E-state index in [1.54, 1.807) is 0 Å². The van der Waals surface area contributed by atoms with E-state index in [1.165, 1.54) is 5.57 Å². The number of aliphatic hydroxyl groups is 4. The summed E-state index contributed by atoms with van der Waals surface area (Å²) in [6.45, 7) is 4.41. The Bertz CT molecular complexity index is 546. The molecular weight excluding hydrogens is 304 g/mol. The molecule has 24 heavy (non-hydrogen) atoms. The molecule has 4 aliphatic rings. The van der Waals surface area contributed by atoms with Gasteiger partial charge in [-0.3, -0.25) is 0 Å². The second-order valence-electron chi connectivity index (χ2n) is 9.37. The summed E-state index contributed by atoms with van der Waals surface area (Å²) < 4.78 is 0. The Morgan fingerprint density at radius 2 is 1.88 bits per heavy atom. The molecule has 0 heterocycles. The van der Waals surface area contributed by atoms with Crippen LogP contribution in [0.3, 0.4) is 0 Å². The average Bonchev–Trinajstić information content (AvgIpc) is 2.81. The van der Waals surface area contributed by atoms with Crippen LogP contribution in [-0.2, 0) is 0 Å². The lowest BCUT2D eigenvalue weighted by Crippen LogP contribution is -2.57. The smallest absolute Gasteiger partial charge is 0.0757 e. The normalized spacial score (nSPS) is 56.9. The van der Waals surface area contributed by atoms with Crippen LogP contribution >= 0.6 is 0 Å². The first-order chi connectivity index (χ1) is 11.3. The number of hydrogen-bond donors (Lipinski definition) is 4. The molecule has 4 nitrogen and oxygen atoms in total. The van der Waals surface area contributed by atoms with Gasteiger partial charge in [-0.2, -0.15) is 0 Å². The molecule has 0 aromatic rings. The fraction of sp³-hybridized carbons (Fsp3) is 0.900. The summed E-state index contributed by atoms with van der Waals surface area (Å²) in [6.07, 6.45) is 5.93. The van der Waals surface area contributed by atoms with Crippen LogP contribution < -0.4 is 0 Å². The van der Waals surface area contributed by atoms with Crippen molar-refractivity contribution >= 4 is 0 Å². The summed E-state index contributed by atoms with van der Waals surface area (Å²) in [6, 6.07) is 0. The first-order valence-electron chi connectivity index (χ1n) is 9.69. The molecular formula is C20H32O4. The maximum atomic E-state index is 11.0. The third kappa shape index (κ3) is 2.06. The lowest BCUT2D eigenvalue weighted by atomic mass is 9.47. The highest BCUT2D eigenvalue weighted by Crippen LogP contribution is 2.65. The van der Waals surface area contributed by atoms with E-state index < -0.39 is 17.6 Å². The number of rotatable bonds is 1. The fourth-order valence-electron chi connectivity index (χ4n) is 7.05. The number of aliphatic hydroxyl groups excluding tert-OH is 4. The zero-order valence-electron chi connectivity index (χ0n) is 14.9. The molecule has 0 amide bonds. The second-order valence-corrected chi connectivity index (χ2v) is 9.37. The summed E-state index contributed by atoms with van der Waals surface area (Å²) in [5.41, 5.74) is 0.858. The molecule has 3 saturated carbocycles. The van der Waals surface area contributed by atoms with Gasteiger partial charge in [0.05, 0.1) is 24.9 Å². The van der Waals surface area contributed by atoms with Crippen LogP contribution in [0, 0.1) is 34.5 Å². The van der Waals surface area contributed by atoms with Gasteiger partial charge >= 0.3 is 0 Å². The quantitative estimate of drug-likeness (QED) is 0.551. The van der Waals surface area contributed by atoms with Gasteiger partial charge in [-0.25, -0.2) is 0 Å². The van der Waals surface area contributed by atoms with Gasteiger partial charge in [0.25, 0.3) is 0 Å². The van der Waals surface area contributed by atoms with Gasteiger partial charge in [0.1, 0.15) is 0 Å². The highest BCUT2D eigenvalue weighted by molar-refractivity contribution is 5.28. The zero-order valence-corrected chi connectivity index (χ0v) is 14.9. The third-order valence-corrected chi connectivity index (χ3v) is 8.41. The molecule has 136 valence electrons. The van der Waals surface area contributed by atoms with Crippen LogP contribution in [0.1, 0.15) is 52.4 Å². The van der Waals surface area contributed by atoms with Gasteiger partial charge < -0.3 is 20.4 Å². The SMILES string of the molecule is C[C@@H]1CC2C3C(CC[C@]2(CO)C1O)[C@@]1(C)CC[C@H](O)CC1=C[C@@H]3O. The lowest BCUT2D eigenvalue weighted by molar-refractivity contribution is -0.131. The van der Waals surface area contributed by atoms with Gasteiger partial charge in [0, 0.05) is 5.41 Å². The van der Waals surface area contributed by atoms with Crippen LogP contribution in [-0.4, -0.2) is 45.3 Å². The molecule has 0 aliphatic heterocycles. The van der Waals surface area contributed by atoms with Crippen molar-refractivity contribution in [2.75, 3.05) is 6.61 Å². The van der Waals surface area contributed by atoms with Crippen LogP contribution in [0.25, 0.3) is 0 Å². The molecule has 4 aliphatic carbocycles. The second kappa shape index (κ2) is 5.54. The van der Waals surface area contributed by atoms with Crippen molar-refractivity contribution in [3.63, 3.8) is 0 Å². The molecule has 3 fully saturated rings. The van der Waals surface area contributed by atoms with Gasteiger partial charge in [-0.05, 0) is 67.6 Å². The molecule has 4 heteroatoms. The monoisotopic (exact) mass is 336 g/mol. The highest BCUT2D eigenvalue weighted by Gasteiger charge is 2.63. The molecule has 0 aromatic heterocycles. The van der Waals surface area contributed by atoms with Crippen molar-refractivity contribution in [2.45, 2.75) is 70.7 Å². The molecule has 0 saturated heterocycles. The lowest BCUT2D eigenvalue weighted by Gasteiger charge is -2.59. The Labute approximate surface area is 144 Å². The van der Waals surface area contributed by atoms with Crippen LogP contribution in [0.4, 0.5) is 0 Å². The van der Waals surface area contributed by atoms with Gasteiger partial charge in [-0.1, -0.05) is 25.5 Å². The summed E-state index contributed by atoms with van der Waals surface area (Å²) in [5, 5.41) is 41.9. The maximum Gasteiger partial charge on any atom is 0.0757 e. The van der Waals surface area contributed by atoms with E-state index in [0.717, 1.165) is 32.1 Å². The van der Waals surface area contributed by atoms with E-state index in [0.29, 0.717) is 12.3 Å². The van der Waals surface area contributed by atoms with Gasteiger partial charge in [-0.15, -0.1) is 0 Å². The van der Waals surface area contributed by atoms with Crippen LogP contribution in [0.15, 0.2) is 11.6 Å². The molecule has 0 spiro atoms. The average molecular weight is 336 g/mol. The Morgan fingerprint density at radius 1 is 1.12 bits per heavy atom. The number of fused-ring (bicyclic) bond motifs is 5.